The Kier molecular flexibility index (Phi) is 4.64. The van der Waals surface area contributed by atoms with Crippen molar-refractivity contribution in [3.63, 3.8) is 0 Å². The maximum absolute atomic E-state index is 6.18. The lowest BCUT2D eigenvalue weighted by Gasteiger charge is -2.15. The summed E-state index contributed by atoms with van der Waals surface area (Å²) in [7, 11) is 3.64. The van der Waals surface area contributed by atoms with Crippen molar-refractivity contribution in [2.45, 2.75) is 12.5 Å². The highest BCUT2D eigenvalue weighted by Gasteiger charge is 2.14. The van der Waals surface area contributed by atoms with E-state index in [9.17, 15) is 0 Å². The number of hydrogen-bond acceptors (Lipinski definition) is 3. The molecule has 0 radical (unpaired) electrons. The largest absolute Gasteiger partial charge is 0.497 e. The quantitative estimate of drug-likeness (QED) is 0.897. The molecule has 2 rings (SSSR count). The molecular formula is C14H16ClNOS. The molecule has 1 aromatic carbocycles. The van der Waals surface area contributed by atoms with E-state index < -0.39 is 0 Å². The van der Waals surface area contributed by atoms with Crippen LogP contribution in [0, 0.1) is 0 Å². The number of methoxy groups -OCH3 is 1. The highest BCUT2D eigenvalue weighted by molar-refractivity contribution is 7.10. The van der Waals surface area contributed by atoms with Gasteiger partial charge in [-0.1, -0.05) is 23.7 Å². The van der Waals surface area contributed by atoms with Crippen molar-refractivity contribution in [3.8, 4) is 5.75 Å². The molecular weight excluding hydrogens is 266 g/mol. The molecule has 0 spiro atoms. The Morgan fingerprint density at radius 3 is 2.50 bits per heavy atom. The van der Waals surface area contributed by atoms with Crippen LogP contribution in [0.25, 0.3) is 0 Å². The van der Waals surface area contributed by atoms with E-state index in [1.54, 1.807) is 18.4 Å². The fourth-order valence-electron chi connectivity index (χ4n) is 1.88. The zero-order valence-electron chi connectivity index (χ0n) is 10.4. The highest BCUT2D eigenvalue weighted by atomic mass is 35.5. The summed E-state index contributed by atoms with van der Waals surface area (Å²) in [5.41, 5.74) is 1.26. The molecule has 1 N–H and O–H groups in total. The molecule has 0 aliphatic rings. The Labute approximate surface area is 117 Å². The first kappa shape index (κ1) is 13.4. The summed E-state index contributed by atoms with van der Waals surface area (Å²) in [6.45, 7) is 0. The molecule has 0 saturated carbocycles. The van der Waals surface area contributed by atoms with E-state index in [0.29, 0.717) is 0 Å². The minimum absolute atomic E-state index is 0.255. The fraction of sp³-hybridized carbons (Fsp3) is 0.286. The van der Waals surface area contributed by atoms with Crippen molar-refractivity contribution >= 4 is 22.9 Å². The summed E-state index contributed by atoms with van der Waals surface area (Å²) in [6.07, 6.45) is 0.917. The van der Waals surface area contributed by atoms with E-state index in [2.05, 4.69) is 17.4 Å². The average molecular weight is 282 g/mol. The number of hydrogen-bond donors (Lipinski definition) is 1. The number of benzene rings is 1. The summed E-state index contributed by atoms with van der Waals surface area (Å²) in [5, 5.41) is 6.18. The molecule has 0 aliphatic carbocycles. The van der Waals surface area contributed by atoms with Gasteiger partial charge < -0.3 is 10.1 Å². The first-order chi connectivity index (χ1) is 8.74. The van der Waals surface area contributed by atoms with Gasteiger partial charge in [-0.3, -0.25) is 0 Å². The molecule has 1 atom stereocenters. The van der Waals surface area contributed by atoms with Gasteiger partial charge >= 0.3 is 0 Å². The minimum Gasteiger partial charge on any atom is -0.497 e. The van der Waals surface area contributed by atoms with Crippen LogP contribution in [0.15, 0.2) is 35.7 Å². The van der Waals surface area contributed by atoms with Crippen molar-refractivity contribution in [2.75, 3.05) is 14.2 Å². The maximum atomic E-state index is 6.18. The van der Waals surface area contributed by atoms with Crippen molar-refractivity contribution in [3.05, 3.63) is 51.2 Å². The summed E-state index contributed by atoms with van der Waals surface area (Å²) >= 11 is 7.87. The van der Waals surface area contributed by atoms with Gasteiger partial charge in [-0.15, -0.1) is 11.3 Å². The lowest BCUT2D eigenvalue weighted by Crippen LogP contribution is -2.18. The van der Waals surface area contributed by atoms with Gasteiger partial charge in [-0.25, -0.2) is 0 Å². The first-order valence-corrected chi connectivity index (χ1v) is 7.03. The molecule has 0 amide bonds. The van der Waals surface area contributed by atoms with Crippen LogP contribution >= 0.6 is 22.9 Å². The second kappa shape index (κ2) is 6.23. The standard InChI is InChI=1S/C14H16ClNOS/c1-16-13(14-12(15)7-8-18-14)9-10-3-5-11(17-2)6-4-10/h3-8,13,16H,9H2,1-2H3. The number of halogens is 1. The van der Waals surface area contributed by atoms with Crippen LogP contribution in [0.5, 0.6) is 5.75 Å². The lowest BCUT2D eigenvalue weighted by atomic mass is 10.0. The van der Waals surface area contributed by atoms with Gasteiger partial charge in [0.05, 0.1) is 12.1 Å². The second-order valence-electron chi connectivity index (χ2n) is 4.03. The molecule has 4 heteroatoms. The minimum atomic E-state index is 0.255. The third-order valence-corrected chi connectivity index (χ3v) is 4.38. The van der Waals surface area contributed by atoms with E-state index >= 15 is 0 Å². The van der Waals surface area contributed by atoms with Crippen molar-refractivity contribution in [1.29, 1.82) is 0 Å². The molecule has 0 saturated heterocycles. The SMILES string of the molecule is CNC(Cc1ccc(OC)cc1)c1sccc1Cl. The summed E-state index contributed by atoms with van der Waals surface area (Å²) < 4.78 is 5.16. The van der Waals surface area contributed by atoms with Gasteiger partial charge in [0, 0.05) is 10.9 Å². The first-order valence-electron chi connectivity index (χ1n) is 5.77. The molecule has 1 aromatic heterocycles. The normalized spacial score (nSPS) is 12.4. The average Bonchev–Trinajstić information content (AvgIpc) is 2.83. The van der Waals surface area contributed by atoms with Gasteiger partial charge in [-0.05, 0) is 42.6 Å². The van der Waals surface area contributed by atoms with E-state index in [-0.39, 0.29) is 6.04 Å². The van der Waals surface area contributed by atoms with Crippen molar-refractivity contribution in [2.24, 2.45) is 0 Å². The monoisotopic (exact) mass is 281 g/mol. The maximum Gasteiger partial charge on any atom is 0.118 e. The molecule has 1 heterocycles. The van der Waals surface area contributed by atoms with Gasteiger partial charge in [-0.2, -0.15) is 0 Å². The Hall–Kier alpha value is -1.03. The van der Waals surface area contributed by atoms with Crippen LogP contribution < -0.4 is 10.1 Å². The topological polar surface area (TPSA) is 21.3 Å². The Bertz CT molecular complexity index is 495. The van der Waals surface area contributed by atoms with Crippen LogP contribution in [0.1, 0.15) is 16.5 Å². The zero-order chi connectivity index (χ0) is 13.0. The number of rotatable bonds is 5. The number of thiophene rings is 1. The number of nitrogens with one attached hydrogen (secondary N) is 1. The van der Waals surface area contributed by atoms with Crippen LogP contribution in [-0.2, 0) is 6.42 Å². The predicted octanol–water partition coefficient (Wildman–Crippen LogP) is 3.91. The third kappa shape index (κ3) is 3.05. The van der Waals surface area contributed by atoms with Gasteiger partial charge in [0.2, 0.25) is 0 Å². The van der Waals surface area contributed by atoms with Crippen molar-refractivity contribution < 1.29 is 4.74 Å². The van der Waals surface area contributed by atoms with Gasteiger partial charge in [0.1, 0.15) is 5.75 Å². The molecule has 0 fully saturated rings. The Morgan fingerprint density at radius 2 is 2.00 bits per heavy atom. The third-order valence-electron chi connectivity index (χ3n) is 2.91. The zero-order valence-corrected chi connectivity index (χ0v) is 12.0. The number of likely N-dealkylation sites (N-methyl/N-ethyl adjacent to an activating group) is 1. The number of ether oxygens (including phenoxy) is 1. The second-order valence-corrected chi connectivity index (χ2v) is 5.38. The lowest BCUT2D eigenvalue weighted by molar-refractivity contribution is 0.414. The Balaban J connectivity index is 2.13. The van der Waals surface area contributed by atoms with Crippen LogP contribution in [0.2, 0.25) is 5.02 Å². The molecule has 18 heavy (non-hydrogen) atoms. The summed E-state index contributed by atoms with van der Waals surface area (Å²) in [6, 6.07) is 10.3. The highest BCUT2D eigenvalue weighted by Crippen LogP contribution is 2.30. The molecule has 96 valence electrons. The Morgan fingerprint density at radius 1 is 1.28 bits per heavy atom. The summed E-state index contributed by atoms with van der Waals surface area (Å²) in [4.78, 5) is 1.19. The fourth-order valence-corrected chi connectivity index (χ4v) is 3.18. The van der Waals surface area contributed by atoms with Gasteiger partial charge in [0.15, 0.2) is 0 Å². The van der Waals surface area contributed by atoms with Crippen LogP contribution in [0.3, 0.4) is 0 Å². The van der Waals surface area contributed by atoms with Gasteiger partial charge in [0.25, 0.3) is 0 Å². The van der Waals surface area contributed by atoms with E-state index in [1.165, 1.54) is 10.4 Å². The summed E-state index contributed by atoms with van der Waals surface area (Å²) in [5.74, 6) is 0.883. The molecule has 0 bridgehead atoms. The molecule has 1 unspecified atom stereocenters. The van der Waals surface area contributed by atoms with Crippen molar-refractivity contribution in [1.82, 2.24) is 5.32 Å². The smallest absolute Gasteiger partial charge is 0.118 e. The molecule has 2 nitrogen and oxygen atoms in total. The van der Waals surface area contributed by atoms with Crippen LogP contribution in [0.4, 0.5) is 0 Å². The predicted molar refractivity (Wildman–Crippen MR) is 77.8 cm³/mol. The van der Waals surface area contributed by atoms with E-state index in [0.717, 1.165) is 17.2 Å². The molecule has 2 aromatic rings. The molecule has 0 aliphatic heterocycles. The van der Waals surface area contributed by atoms with E-state index in [1.807, 2.05) is 30.6 Å². The van der Waals surface area contributed by atoms with Crippen LogP contribution in [-0.4, -0.2) is 14.2 Å². The van der Waals surface area contributed by atoms with E-state index in [4.69, 9.17) is 16.3 Å².